The van der Waals surface area contributed by atoms with E-state index in [9.17, 15) is 0 Å². The third-order valence-corrected chi connectivity index (χ3v) is 0. The van der Waals surface area contributed by atoms with Gasteiger partial charge in [0.1, 0.15) is 0 Å². The molecule has 0 aromatic rings. The van der Waals surface area contributed by atoms with E-state index in [-0.39, 0.29) is 40.9 Å². The van der Waals surface area contributed by atoms with Crippen LogP contribution in [0.15, 0.2) is 0 Å². The zero-order chi connectivity index (χ0) is 13.5. The van der Waals surface area contributed by atoms with Crippen molar-refractivity contribution in [3.8, 4) is 0 Å². The van der Waals surface area contributed by atoms with E-state index >= 15 is 0 Å². The Balaban J connectivity index is -0.0000000400. The molecule has 0 amide bonds. The van der Waals surface area contributed by atoms with Crippen molar-refractivity contribution in [3.63, 3.8) is 0 Å². The van der Waals surface area contributed by atoms with Gasteiger partial charge < -0.3 is 0 Å². The molecule has 0 rings (SSSR count). The Morgan fingerprint density at radius 1 is 0.471 bits per heavy atom. The summed E-state index contributed by atoms with van der Waals surface area (Å²) >= 11 is -17.2. The number of hydrogen-bond donors (Lipinski definition) is 0. The quantitative estimate of drug-likeness (QED) is 0.278. The van der Waals surface area contributed by atoms with Gasteiger partial charge in [-0.2, -0.15) is 0 Å². The molecule has 0 bridgehead atoms. The first kappa shape index (κ1) is 31.1. The van der Waals surface area contributed by atoms with E-state index in [2.05, 4.69) is 0 Å². The third kappa shape index (κ3) is 1910. The minimum Gasteiger partial charge on any atom is 5.00 e. The second kappa shape index (κ2) is 12.5. The van der Waals surface area contributed by atoms with Crippen LogP contribution in [0.4, 0.5) is 0 Å². The van der Waals surface area contributed by atoms with Crippen LogP contribution < -0.4 is 24.9 Å². The Kier molecular flexibility index (Phi) is 22.9. The maximum absolute atomic E-state index is 8.59. The first-order valence-electron chi connectivity index (χ1n) is 2.00. The van der Waals surface area contributed by atoms with Gasteiger partial charge in [-0.15, -0.1) is 0 Å². The first-order chi connectivity index (χ1) is 6.00. The predicted octanol–water partition coefficient (Wildman–Crippen LogP) is -7.86. The second-order valence-electron chi connectivity index (χ2n) is 1.22. The van der Waals surface area contributed by atoms with E-state index in [0.29, 0.717) is 0 Å². The zero-order valence-electron chi connectivity index (χ0n) is 6.87. The van der Waals surface area contributed by atoms with E-state index in [1.807, 2.05) is 0 Å². The van der Waals surface area contributed by atoms with Gasteiger partial charge in [0.15, 0.2) is 0 Å². The molecule has 106 valence electrons. The van der Waals surface area contributed by atoms with Gasteiger partial charge in [0.05, 0.1) is 0 Å². The fraction of sp³-hybridized carbons (Fsp3) is 0. The molecule has 0 aromatic carbocycles. The van der Waals surface area contributed by atoms with Crippen LogP contribution in [0.2, 0.25) is 0 Å². The fourth-order valence-electron chi connectivity index (χ4n) is 0. The first-order valence-corrected chi connectivity index (χ1v) is 8.25. The van der Waals surface area contributed by atoms with E-state index in [1.165, 1.54) is 0 Å². The molecule has 0 aromatic heterocycles. The van der Waals surface area contributed by atoms with Gasteiger partial charge in [0.2, 0.25) is 0 Å². The van der Waals surface area contributed by atoms with Gasteiger partial charge >= 0.3 is 130 Å². The molecule has 12 nitrogen and oxygen atoms in total. The maximum Gasteiger partial charge on any atom is 5.00 e. The molecule has 0 heterocycles. The van der Waals surface area contributed by atoms with Gasteiger partial charge in [-0.1, -0.05) is 0 Å². The molecule has 0 radical (unpaired) electrons. The van der Waals surface area contributed by atoms with Crippen molar-refractivity contribution in [2.75, 3.05) is 0 Å². The third-order valence-electron chi connectivity index (χ3n) is 0. The Morgan fingerprint density at radius 3 is 0.471 bits per heavy atom. The second-order valence-corrected chi connectivity index (χ2v) is 5.05. The van der Waals surface area contributed by atoms with Crippen LogP contribution in [0.3, 0.4) is 0 Å². The molecule has 0 fully saturated rings. The average molecular weight is 507 g/mol. The number of rotatable bonds is 0. The van der Waals surface area contributed by atoms with Crippen molar-refractivity contribution in [1.29, 1.82) is 0 Å². The van der Waals surface area contributed by atoms with Gasteiger partial charge in [0.25, 0.3) is 0 Å². The Labute approximate surface area is 128 Å². The summed E-state index contributed by atoms with van der Waals surface area (Å²) in [5.41, 5.74) is 0. The normalized spacial score (nSPS) is 10.2. The summed E-state index contributed by atoms with van der Waals surface area (Å²) in [6.07, 6.45) is 0. The molecule has 17 heteroatoms. The van der Waals surface area contributed by atoms with E-state index in [1.54, 1.807) is 0 Å². The van der Waals surface area contributed by atoms with Gasteiger partial charge in [-0.3, -0.25) is 0 Å². The molecule has 0 atom stereocenters. The summed E-state index contributed by atoms with van der Waals surface area (Å²) in [5, 5.41) is 0. The largest absolute Gasteiger partial charge is 5.00 e. The van der Waals surface area contributed by atoms with Crippen LogP contribution in [0, 0.1) is 0 Å². The van der Waals surface area contributed by atoms with E-state index < -0.39 is 40.8 Å². The Morgan fingerprint density at radius 2 is 0.471 bits per heavy atom. The predicted molar refractivity (Wildman–Crippen MR) is 4.12 cm³/mol. The molecule has 0 unspecified atom stereocenters. The Hall–Kier alpha value is 1.48. The van der Waals surface area contributed by atoms with Crippen LogP contribution in [-0.4, -0.2) is 0 Å². The van der Waals surface area contributed by atoms with Crippen molar-refractivity contribution in [2.24, 2.45) is 0 Å². The van der Waals surface area contributed by atoms with Crippen LogP contribution in [0.1, 0.15) is 0 Å². The minimum absolute atomic E-state index is 0. The molecule has 0 saturated carbocycles. The topological polar surface area (TPSA) is 241 Å². The van der Waals surface area contributed by atoms with Crippen LogP contribution in [0.5, 0.6) is 0 Å². The smallest absolute Gasteiger partial charge is 5.00 e. The average Bonchev–Trinajstić information content (AvgIpc) is 1.41. The minimum atomic E-state index is -5.75. The maximum atomic E-state index is 8.59. The summed E-state index contributed by atoms with van der Waals surface area (Å²) < 4.78 is 103. The zero-order valence-corrected chi connectivity index (χ0v) is 13.6. The molecular formula is AgCr3O12V. The molecule has 17 heavy (non-hydrogen) atoms. The van der Waals surface area contributed by atoms with Crippen molar-refractivity contribution in [2.45, 2.75) is 0 Å². The molecule has 0 spiro atoms. The van der Waals surface area contributed by atoms with Gasteiger partial charge in [-0.25, -0.2) is 0 Å². The molecule has 0 N–H and O–H groups in total. The summed E-state index contributed by atoms with van der Waals surface area (Å²) in [4.78, 5) is 0. The molecule has 0 saturated heterocycles. The standard InChI is InChI=1S/Ag.3Cr.12O.V/q+1;;;;;;;;;;6*-1;+5. The van der Waals surface area contributed by atoms with Crippen molar-refractivity contribution in [3.05, 3.63) is 0 Å². The van der Waals surface area contributed by atoms with Crippen LogP contribution in [-0.2, 0) is 105 Å². The van der Waals surface area contributed by atoms with Crippen molar-refractivity contribution < 1.29 is 130 Å². The summed E-state index contributed by atoms with van der Waals surface area (Å²) in [5.74, 6) is 0. The van der Waals surface area contributed by atoms with Gasteiger partial charge in [-0.05, 0) is 0 Å². The summed E-state index contributed by atoms with van der Waals surface area (Å²) in [7, 11) is 0. The Bertz CT molecular complexity index is 343. The van der Waals surface area contributed by atoms with Crippen molar-refractivity contribution in [1.82, 2.24) is 0 Å². The van der Waals surface area contributed by atoms with E-state index in [0.717, 1.165) is 0 Å². The summed E-state index contributed by atoms with van der Waals surface area (Å²) in [6, 6.07) is 0. The number of hydrogen-bond acceptors (Lipinski definition) is 12. The van der Waals surface area contributed by atoms with E-state index in [4.69, 9.17) is 47.8 Å². The molecule has 0 aliphatic heterocycles. The van der Waals surface area contributed by atoms with Gasteiger partial charge in [0, 0.05) is 0 Å². The molecule has 0 aliphatic rings. The summed E-state index contributed by atoms with van der Waals surface area (Å²) in [6.45, 7) is 0. The SMILES string of the molecule is [Ag+].[O]=[Cr](=[O])([O-])[O-].[O]=[Cr](=[O])([O-])[O-].[O]=[Cr](=[O])([O-])[O-].[V+5]. The monoisotopic (exact) mass is 506 g/mol. The van der Waals surface area contributed by atoms with Crippen LogP contribution >= 0.6 is 0 Å². The van der Waals surface area contributed by atoms with Crippen LogP contribution in [0.25, 0.3) is 0 Å². The molecule has 0 aliphatic carbocycles. The molecular weight excluding hydrogens is 507 g/mol. The fourth-order valence-corrected chi connectivity index (χ4v) is 0. The van der Waals surface area contributed by atoms with Crippen molar-refractivity contribution >= 4 is 0 Å².